The van der Waals surface area contributed by atoms with Gasteiger partial charge in [0.1, 0.15) is 36.2 Å². The maximum Gasteiger partial charge on any atom is 0.228 e. The van der Waals surface area contributed by atoms with Crippen LogP contribution in [0.15, 0.2) is 18.5 Å². The molecule has 1 fully saturated rings. The monoisotopic (exact) mass is 361 g/mol. The molecule has 1 aliphatic heterocycles. The van der Waals surface area contributed by atoms with E-state index in [1.165, 1.54) is 10.8 Å². The lowest BCUT2D eigenvalue weighted by molar-refractivity contribution is -0.118. The standard InChI is InChI=1S/C16H19N5O5/c1-8(2)15(25)20-14-10-4-3-9(21(10)19-7-18-14)12-11(23)13(24)16(5-17,6-22)26-12/h3-4,7-8,11-13,22-24H,6H2,1-2H3,(H,18,19,20,25)/t11-,12-,13-,16+/m0/s1. The molecular weight excluding hydrogens is 342 g/mol. The van der Waals surface area contributed by atoms with Crippen LogP contribution in [0.4, 0.5) is 5.82 Å². The number of carbonyl (C=O) groups excluding carboxylic acids is 1. The summed E-state index contributed by atoms with van der Waals surface area (Å²) >= 11 is 0. The van der Waals surface area contributed by atoms with Gasteiger partial charge >= 0.3 is 0 Å². The first-order chi connectivity index (χ1) is 12.3. The molecule has 0 aliphatic carbocycles. The third-order valence-electron chi connectivity index (χ3n) is 4.41. The number of aliphatic hydroxyl groups excluding tert-OH is 3. The van der Waals surface area contributed by atoms with E-state index in [-0.39, 0.29) is 17.6 Å². The summed E-state index contributed by atoms with van der Waals surface area (Å²) in [6.07, 6.45) is -2.89. The van der Waals surface area contributed by atoms with Crippen molar-refractivity contribution >= 4 is 17.2 Å². The van der Waals surface area contributed by atoms with E-state index < -0.39 is 30.5 Å². The Hall–Kier alpha value is -2.58. The van der Waals surface area contributed by atoms with Crippen molar-refractivity contribution in [2.75, 3.05) is 11.9 Å². The second kappa shape index (κ2) is 6.62. The smallest absolute Gasteiger partial charge is 0.228 e. The van der Waals surface area contributed by atoms with Crippen molar-refractivity contribution in [2.24, 2.45) is 5.92 Å². The van der Waals surface area contributed by atoms with Crippen LogP contribution in [0.5, 0.6) is 0 Å². The predicted molar refractivity (Wildman–Crippen MR) is 87.7 cm³/mol. The molecule has 4 N–H and O–H groups in total. The number of ether oxygens (including phenoxy) is 1. The molecule has 1 aliphatic rings. The van der Waals surface area contributed by atoms with Crippen molar-refractivity contribution in [3.8, 4) is 6.07 Å². The molecule has 4 atom stereocenters. The normalized spacial score (nSPS) is 28.4. The van der Waals surface area contributed by atoms with E-state index in [1.54, 1.807) is 32.0 Å². The lowest BCUT2D eigenvalue weighted by atomic mass is 9.96. The minimum absolute atomic E-state index is 0.218. The second-order valence-corrected chi connectivity index (χ2v) is 6.44. The zero-order valence-corrected chi connectivity index (χ0v) is 14.2. The molecule has 2 aromatic heterocycles. The molecule has 0 bridgehead atoms. The van der Waals surface area contributed by atoms with Crippen LogP contribution < -0.4 is 5.32 Å². The number of hydrogen-bond donors (Lipinski definition) is 4. The van der Waals surface area contributed by atoms with Gasteiger partial charge in [0.05, 0.1) is 12.3 Å². The highest BCUT2D eigenvalue weighted by Gasteiger charge is 2.55. The molecule has 10 heteroatoms. The molecule has 3 heterocycles. The predicted octanol–water partition coefficient (Wildman–Crippen LogP) is -0.628. The van der Waals surface area contributed by atoms with E-state index in [2.05, 4.69) is 15.4 Å². The van der Waals surface area contributed by atoms with Crippen LogP contribution in [0.1, 0.15) is 25.6 Å². The van der Waals surface area contributed by atoms with Crippen LogP contribution in [0.3, 0.4) is 0 Å². The summed E-state index contributed by atoms with van der Waals surface area (Å²) in [7, 11) is 0. The lowest BCUT2D eigenvalue weighted by Crippen LogP contribution is -2.44. The van der Waals surface area contributed by atoms with Crippen LogP contribution >= 0.6 is 0 Å². The molecule has 0 aromatic carbocycles. The number of rotatable bonds is 4. The van der Waals surface area contributed by atoms with Crippen LogP contribution in [-0.4, -0.2) is 60.2 Å². The maximum absolute atomic E-state index is 11.9. The topological polar surface area (TPSA) is 153 Å². The van der Waals surface area contributed by atoms with Gasteiger partial charge in [-0.25, -0.2) is 9.50 Å². The molecular formula is C16H19N5O5. The van der Waals surface area contributed by atoms with Gasteiger partial charge in [0.25, 0.3) is 0 Å². The molecule has 1 amide bonds. The van der Waals surface area contributed by atoms with Gasteiger partial charge in [-0.05, 0) is 12.1 Å². The highest BCUT2D eigenvalue weighted by molar-refractivity contribution is 5.94. The van der Waals surface area contributed by atoms with Crippen LogP contribution in [0.2, 0.25) is 0 Å². The summed E-state index contributed by atoms with van der Waals surface area (Å²) in [5.74, 6) is -0.174. The Kier molecular flexibility index (Phi) is 4.64. The molecule has 2 aromatic rings. The number of aliphatic hydroxyl groups is 3. The number of hydrogen-bond acceptors (Lipinski definition) is 8. The van der Waals surface area contributed by atoms with Gasteiger partial charge in [0.15, 0.2) is 5.82 Å². The zero-order valence-electron chi connectivity index (χ0n) is 14.2. The number of aromatic nitrogens is 3. The molecule has 26 heavy (non-hydrogen) atoms. The molecule has 0 saturated carbocycles. The Morgan fingerprint density at radius 2 is 2.23 bits per heavy atom. The fraction of sp³-hybridized carbons (Fsp3) is 0.500. The minimum Gasteiger partial charge on any atom is -0.392 e. The van der Waals surface area contributed by atoms with Crippen molar-refractivity contribution < 1.29 is 24.9 Å². The van der Waals surface area contributed by atoms with E-state index in [1.807, 2.05) is 0 Å². The highest BCUT2D eigenvalue weighted by Crippen LogP contribution is 2.40. The largest absolute Gasteiger partial charge is 0.392 e. The zero-order chi connectivity index (χ0) is 19.1. The first-order valence-electron chi connectivity index (χ1n) is 8.04. The molecule has 0 spiro atoms. The first-order valence-corrected chi connectivity index (χ1v) is 8.04. The van der Waals surface area contributed by atoms with E-state index in [9.17, 15) is 25.4 Å². The molecule has 138 valence electrons. The number of nitrogens with zero attached hydrogens (tertiary/aromatic N) is 4. The van der Waals surface area contributed by atoms with Gasteiger partial charge in [0, 0.05) is 5.92 Å². The summed E-state index contributed by atoms with van der Waals surface area (Å²) in [5.41, 5.74) is -1.12. The minimum atomic E-state index is -1.92. The number of anilines is 1. The van der Waals surface area contributed by atoms with Gasteiger partial charge in [-0.15, -0.1) is 0 Å². The fourth-order valence-electron chi connectivity index (χ4n) is 2.83. The van der Waals surface area contributed by atoms with E-state index in [0.29, 0.717) is 11.2 Å². The summed E-state index contributed by atoms with van der Waals surface area (Å²) in [6, 6.07) is 4.92. The highest BCUT2D eigenvalue weighted by atomic mass is 16.6. The number of nitriles is 1. The van der Waals surface area contributed by atoms with E-state index >= 15 is 0 Å². The van der Waals surface area contributed by atoms with Crippen molar-refractivity contribution in [1.82, 2.24) is 14.6 Å². The SMILES string of the molecule is CC(C)C(=O)Nc1ncnn2c([C@@H]3O[C@](C#N)(CO)[C@@H](O)[C@H]3O)ccc12. The first kappa shape index (κ1) is 18.2. The van der Waals surface area contributed by atoms with Gasteiger partial charge in [0.2, 0.25) is 11.5 Å². The Morgan fingerprint density at radius 1 is 1.50 bits per heavy atom. The fourth-order valence-corrected chi connectivity index (χ4v) is 2.83. The summed E-state index contributed by atoms with van der Waals surface area (Å²) in [6.45, 7) is 2.72. The average molecular weight is 361 g/mol. The van der Waals surface area contributed by atoms with Crippen molar-refractivity contribution in [1.29, 1.82) is 5.26 Å². The van der Waals surface area contributed by atoms with E-state index in [0.717, 1.165) is 0 Å². The van der Waals surface area contributed by atoms with Crippen LogP contribution in [0, 0.1) is 17.2 Å². The molecule has 3 rings (SSSR count). The number of nitrogens with one attached hydrogen (secondary N) is 1. The summed E-state index contributed by atoms with van der Waals surface area (Å²) in [4.78, 5) is 16.0. The Bertz CT molecular complexity index is 876. The van der Waals surface area contributed by atoms with E-state index in [4.69, 9.17) is 4.74 Å². The van der Waals surface area contributed by atoms with Gasteiger partial charge in [-0.3, -0.25) is 4.79 Å². The van der Waals surface area contributed by atoms with Crippen molar-refractivity contribution in [3.05, 3.63) is 24.2 Å². The van der Waals surface area contributed by atoms with Crippen molar-refractivity contribution in [2.45, 2.75) is 37.8 Å². The average Bonchev–Trinajstić information content (AvgIpc) is 3.16. The number of fused-ring (bicyclic) bond motifs is 1. The Balaban J connectivity index is 2.00. The Labute approximate surface area is 148 Å². The third kappa shape index (κ3) is 2.71. The molecule has 0 unspecified atom stereocenters. The summed E-state index contributed by atoms with van der Waals surface area (Å²) in [5, 5.41) is 45.9. The van der Waals surface area contributed by atoms with Crippen LogP contribution in [-0.2, 0) is 9.53 Å². The second-order valence-electron chi connectivity index (χ2n) is 6.44. The summed E-state index contributed by atoms with van der Waals surface area (Å²) < 4.78 is 6.90. The third-order valence-corrected chi connectivity index (χ3v) is 4.41. The van der Waals surface area contributed by atoms with Gasteiger partial charge in [-0.2, -0.15) is 10.4 Å². The molecule has 10 nitrogen and oxygen atoms in total. The molecule has 1 saturated heterocycles. The van der Waals surface area contributed by atoms with Crippen LogP contribution in [0.25, 0.3) is 5.52 Å². The van der Waals surface area contributed by atoms with Gasteiger partial charge in [-0.1, -0.05) is 13.8 Å². The van der Waals surface area contributed by atoms with Crippen molar-refractivity contribution in [3.63, 3.8) is 0 Å². The quantitative estimate of drug-likeness (QED) is 0.561. The lowest BCUT2D eigenvalue weighted by Gasteiger charge is -2.21. The number of amides is 1. The maximum atomic E-state index is 11.9. The van der Waals surface area contributed by atoms with Gasteiger partial charge < -0.3 is 25.4 Å². The Morgan fingerprint density at radius 3 is 2.81 bits per heavy atom. The number of carbonyl (C=O) groups is 1. The molecule has 0 radical (unpaired) electrons.